The molecule has 2 rings (SSSR count). The van der Waals surface area contributed by atoms with E-state index in [1.807, 2.05) is 19.1 Å². The first kappa shape index (κ1) is 13.0. The van der Waals surface area contributed by atoms with Gasteiger partial charge in [-0.15, -0.1) is 0 Å². The van der Waals surface area contributed by atoms with Gasteiger partial charge in [0.05, 0.1) is 6.61 Å². The van der Waals surface area contributed by atoms with Crippen molar-refractivity contribution in [2.75, 3.05) is 6.61 Å². The van der Waals surface area contributed by atoms with Crippen molar-refractivity contribution >= 4 is 0 Å². The zero-order valence-corrected chi connectivity index (χ0v) is 10.9. The van der Waals surface area contributed by atoms with Crippen molar-refractivity contribution in [3.8, 4) is 11.5 Å². The summed E-state index contributed by atoms with van der Waals surface area (Å²) in [5, 5.41) is 13.2. The Morgan fingerprint density at radius 2 is 2.28 bits per heavy atom. The number of hydrogen-bond acceptors (Lipinski definition) is 3. The molecule has 0 saturated heterocycles. The SMILES string of the molecule is CCOc1cc(CNC2CC=CCC2)ccc1O. The van der Waals surface area contributed by atoms with Gasteiger partial charge in [0.15, 0.2) is 11.5 Å². The van der Waals surface area contributed by atoms with Crippen LogP contribution in [0.5, 0.6) is 11.5 Å². The zero-order valence-electron chi connectivity index (χ0n) is 10.9. The fraction of sp³-hybridized carbons (Fsp3) is 0.467. The Hall–Kier alpha value is -1.48. The van der Waals surface area contributed by atoms with E-state index in [0.29, 0.717) is 18.4 Å². The van der Waals surface area contributed by atoms with Crippen molar-refractivity contribution < 1.29 is 9.84 Å². The van der Waals surface area contributed by atoms with Crippen LogP contribution in [0, 0.1) is 0 Å². The first-order chi connectivity index (χ1) is 8.79. The number of phenols is 1. The van der Waals surface area contributed by atoms with Crippen molar-refractivity contribution in [2.24, 2.45) is 0 Å². The van der Waals surface area contributed by atoms with Crippen LogP contribution in [0.25, 0.3) is 0 Å². The highest BCUT2D eigenvalue weighted by atomic mass is 16.5. The average Bonchev–Trinajstić information content (AvgIpc) is 2.41. The first-order valence-electron chi connectivity index (χ1n) is 6.62. The molecule has 1 aromatic rings. The van der Waals surface area contributed by atoms with Gasteiger partial charge in [0.1, 0.15) is 0 Å². The van der Waals surface area contributed by atoms with Gasteiger partial charge in [-0.1, -0.05) is 18.2 Å². The van der Waals surface area contributed by atoms with Crippen LogP contribution in [0.2, 0.25) is 0 Å². The molecule has 0 saturated carbocycles. The quantitative estimate of drug-likeness (QED) is 0.786. The Morgan fingerprint density at radius 3 is 3.00 bits per heavy atom. The average molecular weight is 247 g/mol. The van der Waals surface area contributed by atoms with E-state index in [9.17, 15) is 5.11 Å². The summed E-state index contributed by atoms with van der Waals surface area (Å²) in [7, 11) is 0. The van der Waals surface area contributed by atoms with Crippen molar-refractivity contribution in [3.05, 3.63) is 35.9 Å². The number of allylic oxidation sites excluding steroid dienone is 1. The van der Waals surface area contributed by atoms with Crippen LogP contribution in [0.4, 0.5) is 0 Å². The summed E-state index contributed by atoms with van der Waals surface area (Å²) in [5.74, 6) is 0.779. The number of nitrogens with one attached hydrogen (secondary N) is 1. The van der Waals surface area contributed by atoms with Gasteiger partial charge in [-0.05, 0) is 43.9 Å². The summed E-state index contributed by atoms with van der Waals surface area (Å²) in [6.07, 6.45) is 7.95. The van der Waals surface area contributed by atoms with E-state index in [0.717, 1.165) is 24.9 Å². The molecule has 0 heterocycles. The smallest absolute Gasteiger partial charge is 0.161 e. The monoisotopic (exact) mass is 247 g/mol. The molecule has 0 aliphatic heterocycles. The lowest BCUT2D eigenvalue weighted by Gasteiger charge is -2.19. The van der Waals surface area contributed by atoms with Gasteiger partial charge in [-0.3, -0.25) is 0 Å². The summed E-state index contributed by atoms with van der Waals surface area (Å²) in [4.78, 5) is 0. The molecule has 0 radical (unpaired) electrons. The van der Waals surface area contributed by atoms with E-state index in [1.165, 1.54) is 6.42 Å². The Bertz CT molecular complexity index is 415. The van der Waals surface area contributed by atoms with Crippen LogP contribution in [0.15, 0.2) is 30.4 Å². The van der Waals surface area contributed by atoms with Crippen LogP contribution < -0.4 is 10.1 Å². The van der Waals surface area contributed by atoms with Crippen LogP contribution in [0.3, 0.4) is 0 Å². The third-order valence-corrected chi connectivity index (χ3v) is 3.19. The Kier molecular flexibility index (Phi) is 4.65. The number of benzene rings is 1. The van der Waals surface area contributed by atoms with E-state index in [-0.39, 0.29) is 5.75 Å². The molecule has 0 fully saturated rings. The highest BCUT2D eigenvalue weighted by Crippen LogP contribution is 2.26. The van der Waals surface area contributed by atoms with Crippen molar-refractivity contribution in [2.45, 2.75) is 38.8 Å². The lowest BCUT2D eigenvalue weighted by molar-refractivity contribution is 0.317. The molecule has 2 N–H and O–H groups in total. The van der Waals surface area contributed by atoms with E-state index in [1.54, 1.807) is 6.07 Å². The summed E-state index contributed by atoms with van der Waals surface area (Å²) < 4.78 is 5.38. The molecule has 1 atom stereocenters. The molecule has 98 valence electrons. The molecule has 0 spiro atoms. The fourth-order valence-corrected chi connectivity index (χ4v) is 2.18. The van der Waals surface area contributed by atoms with Crippen molar-refractivity contribution in [1.29, 1.82) is 0 Å². The Labute approximate surface area is 108 Å². The normalized spacial score (nSPS) is 18.8. The molecule has 1 aliphatic rings. The minimum absolute atomic E-state index is 0.209. The molecule has 3 heteroatoms. The molecule has 0 amide bonds. The van der Waals surface area contributed by atoms with Crippen LogP contribution in [-0.4, -0.2) is 17.8 Å². The molecule has 18 heavy (non-hydrogen) atoms. The van der Waals surface area contributed by atoms with Gasteiger partial charge in [0, 0.05) is 12.6 Å². The van der Waals surface area contributed by atoms with Crippen LogP contribution in [-0.2, 0) is 6.54 Å². The van der Waals surface area contributed by atoms with Crippen molar-refractivity contribution in [1.82, 2.24) is 5.32 Å². The van der Waals surface area contributed by atoms with Crippen LogP contribution in [0.1, 0.15) is 31.7 Å². The predicted octanol–water partition coefficient (Wildman–Crippen LogP) is 2.99. The number of rotatable bonds is 5. The van der Waals surface area contributed by atoms with Crippen molar-refractivity contribution in [3.63, 3.8) is 0 Å². The number of aromatic hydroxyl groups is 1. The summed E-state index contributed by atoms with van der Waals surface area (Å²) in [6, 6.07) is 6.11. The van der Waals surface area contributed by atoms with E-state index in [4.69, 9.17) is 4.74 Å². The number of hydrogen-bond donors (Lipinski definition) is 2. The first-order valence-corrected chi connectivity index (χ1v) is 6.62. The lowest BCUT2D eigenvalue weighted by Crippen LogP contribution is -2.29. The van der Waals surface area contributed by atoms with Gasteiger partial charge in [-0.25, -0.2) is 0 Å². The van der Waals surface area contributed by atoms with Crippen LogP contribution >= 0.6 is 0 Å². The molecule has 3 nitrogen and oxygen atoms in total. The predicted molar refractivity (Wildman–Crippen MR) is 72.9 cm³/mol. The van der Waals surface area contributed by atoms with E-state index in [2.05, 4.69) is 17.5 Å². The van der Waals surface area contributed by atoms with E-state index < -0.39 is 0 Å². The molecule has 1 aliphatic carbocycles. The Balaban J connectivity index is 1.92. The largest absolute Gasteiger partial charge is 0.504 e. The maximum absolute atomic E-state index is 9.63. The minimum atomic E-state index is 0.209. The maximum Gasteiger partial charge on any atom is 0.161 e. The Morgan fingerprint density at radius 1 is 1.39 bits per heavy atom. The highest BCUT2D eigenvalue weighted by molar-refractivity contribution is 5.41. The fourth-order valence-electron chi connectivity index (χ4n) is 2.18. The zero-order chi connectivity index (χ0) is 12.8. The molecular weight excluding hydrogens is 226 g/mol. The van der Waals surface area contributed by atoms with Gasteiger partial charge >= 0.3 is 0 Å². The molecule has 0 aromatic heterocycles. The maximum atomic E-state index is 9.63. The van der Waals surface area contributed by atoms with E-state index >= 15 is 0 Å². The highest BCUT2D eigenvalue weighted by Gasteiger charge is 2.09. The van der Waals surface area contributed by atoms with Gasteiger partial charge in [0.25, 0.3) is 0 Å². The summed E-state index contributed by atoms with van der Waals surface area (Å²) >= 11 is 0. The molecule has 0 bridgehead atoms. The number of phenolic OH excluding ortho intramolecular Hbond substituents is 1. The molecule has 1 unspecified atom stereocenters. The third kappa shape index (κ3) is 3.50. The third-order valence-electron chi connectivity index (χ3n) is 3.19. The second-order valence-corrected chi connectivity index (χ2v) is 4.60. The summed E-state index contributed by atoms with van der Waals surface area (Å²) in [6.45, 7) is 3.30. The lowest BCUT2D eigenvalue weighted by atomic mass is 10.0. The standard InChI is InChI=1S/C15H21NO2/c1-2-18-15-10-12(8-9-14(15)17)11-16-13-6-4-3-5-7-13/h3-4,8-10,13,16-17H,2,5-7,11H2,1H3. The summed E-state index contributed by atoms with van der Waals surface area (Å²) in [5.41, 5.74) is 1.14. The topological polar surface area (TPSA) is 41.5 Å². The second-order valence-electron chi connectivity index (χ2n) is 4.60. The molecular formula is C15H21NO2. The second kappa shape index (κ2) is 6.45. The minimum Gasteiger partial charge on any atom is -0.504 e. The van der Waals surface area contributed by atoms with Gasteiger partial charge < -0.3 is 15.2 Å². The number of ether oxygens (including phenoxy) is 1. The van der Waals surface area contributed by atoms with Gasteiger partial charge in [-0.2, -0.15) is 0 Å². The molecule has 1 aromatic carbocycles. The van der Waals surface area contributed by atoms with Gasteiger partial charge in [0.2, 0.25) is 0 Å².